The molecule has 2 aromatic carbocycles. The van der Waals surface area contributed by atoms with E-state index in [0.29, 0.717) is 23.1 Å². The molecule has 2 aliphatic heterocycles. The lowest BCUT2D eigenvalue weighted by Gasteiger charge is -2.49. The third-order valence-corrected chi connectivity index (χ3v) is 6.56. The van der Waals surface area contributed by atoms with Gasteiger partial charge >= 0.3 is 0 Å². The summed E-state index contributed by atoms with van der Waals surface area (Å²) in [7, 11) is 0. The Hall–Kier alpha value is -2.87. The average molecular weight is 471 g/mol. The van der Waals surface area contributed by atoms with Gasteiger partial charge in [-0.05, 0) is 48.2 Å². The van der Waals surface area contributed by atoms with Crippen molar-refractivity contribution in [1.29, 1.82) is 0 Å². The molecule has 164 valence electrons. The summed E-state index contributed by atoms with van der Waals surface area (Å²) < 4.78 is 1.48. The Bertz CT molecular complexity index is 1180. The monoisotopic (exact) mass is 470 g/mol. The molecular weight excluding hydrogens is 451 g/mol. The molecule has 1 saturated heterocycles. The van der Waals surface area contributed by atoms with Crippen molar-refractivity contribution in [3.8, 4) is 5.75 Å². The van der Waals surface area contributed by atoms with Crippen molar-refractivity contribution >= 4 is 29.1 Å². The van der Waals surface area contributed by atoms with Gasteiger partial charge in [0.25, 0.3) is 5.91 Å². The van der Waals surface area contributed by atoms with Gasteiger partial charge in [-0.3, -0.25) is 14.6 Å². The van der Waals surface area contributed by atoms with Gasteiger partial charge in [0.2, 0.25) is 5.43 Å². The fourth-order valence-electron chi connectivity index (χ4n) is 4.58. The van der Waals surface area contributed by atoms with Gasteiger partial charge < -0.3 is 5.11 Å². The van der Waals surface area contributed by atoms with Crippen LogP contribution in [0.1, 0.15) is 46.5 Å². The SMILES string of the molecule is O=C1c2c(O)c(=O)cnn2C(C(c2ccc(Cl)cc2)c2ccc(Cl)cc2)N2CCCCN12. The molecule has 7 nitrogen and oxygen atoms in total. The maximum Gasteiger partial charge on any atom is 0.290 e. The molecular formula is C23H20Cl2N4O3. The number of hydrogen-bond donors (Lipinski definition) is 1. The summed E-state index contributed by atoms with van der Waals surface area (Å²) in [5.74, 6) is -1.29. The number of carbonyl (C=O) groups excluding carboxylic acids is 1. The normalized spacial score (nSPS) is 18.5. The van der Waals surface area contributed by atoms with Crippen LogP contribution >= 0.6 is 23.2 Å². The third kappa shape index (κ3) is 3.46. The molecule has 0 bridgehead atoms. The molecule has 1 atom stereocenters. The van der Waals surface area contributed by atoms with E-state index >= 15 is 0 Å². The van der Waals surface area contributed by atoms with Crippen LogP contribution in [0.4, 0.5) is 0 Å². The standard InChI is InChI=1S/C23H20Cl2N4O3/c24-16-7-3-14(4-8-16)19(15-5-9-17(25)10-6-15)22-27-11-1-2-12-28(27)23(32)20-21(31)18(30)13-26-29(20)22/h3-10,13,19,22,31H,1-2,11-12H2. The van der Waals surface area contributed by atoms with Crippen LogP contribution in [0, 0.1) is 0 Å². The number of halogens is 2. The third-order valence-electron chi connectivity index (χ3n) is 6.05. The zero-order chi connectivity index (χ0) is 22.4. The quantitative estimate of drug-likeness (QED) is 0.624. The summed E-state index contributed by atoms with van der Waals surface area (Å²) in [5.41, 5.74) is 1.14. The number of rotatable bonds is 3. The molecule has 1 fully saturated rings. The van der Waals surface area contributed by atoms with Gasteiger partial charge in [-0.15, -0.1) is 0 Å². The number of benzene rings is 2. The van der Waals surface area contributed by atoms with Gasteiger partial charge in [-0.2, -0.15) is 10.1 Å². The molecule has 0 radical (unpaired) electrons. The molecule has 2 aliphatic rings. The average Bonchev–Trinajstić information content (AvgIpc) is 2.80. The van der Waals surface area contributed by atoms with Crippen molar-refractivity contribution in [3.63, 3.8) is 0 Å². The summed E-state index contributed by atoms with van der Waals surface area (Å²) in [5, 5.41) is 19.7. The van der Waals surface area contributed by atoms with E-state index in [1.165, 1.54) is 4.68 Å². The first-order valence-electron chi connectivity index (χ1n) is 10.4. The van der Waals surface area contributed by atoms with Crippen LogP contribution in [0.3, 0.4) is 0 Å². The van der Waals surface area contributed by atoms with Crippen molar-refractivity contribution in [2.75, 3.05) is 13.1 Å². The van der Waals surface area contributed by atoms with Crippen LogP contribution in [0.25, 0.3) is 0 Å². The van der Waals surface area contributed by atoms with E-state index in [9.17, 15) is 14.7 Å². The van der Waals surface area contributed by atoms with Gasteiger partial charge in [0.1, 0.15) is 6.17 Å². The number of aromatic nitrogens is 2. The van der Waals surface area contributed by atoms with E-state index < -0.39 is 23.3 Å². The molecule has 32 heavy (non-hydrogen) atoms. The number of hydrogen-bond acceptors (Lipinski definition) is 5. The van der Waals surface area contributed by atoms with Crippen LogP contribution in [0.5, 0.6) is 5.75 Å². The van der Waals surface area contributed by atoms with Crippen molar-refractivity contribution in [3.05, 3.63) is 91.8 Å². The molecule has 5 rings (SSSR count). The summed E-state index contributed by atoms with van der Waals surface area (Å²) in [6.07, 6.45) is 2.32. The second-order valence-electron chi connectivity index (χ2n) is 7.94. The first-order valence-corrected chi connectivity index (χ1v) is 11.1. The van der Waals surface area contributed by atoms with Crippen molar-refractivity contribution in [2.24, 2.45) is 0 Å². The minimum atomic E-state index is -0.677. The largest absolute Gasteiger partial charge is 0.502 e. The fraction of sp³-hybridized carbons (Fsp3) is 0.261. The Morgan fingerprint density at radius 1 is 0.906 bits per heavy atom. The second kappa shape index (κ2) is 8.24. The van der Waals surface area contributed by atoms with Gasteiger partial charge in [0, 0.05) is 29.1 Å². The lowest BCUT2D eigenvalue weighted by atomic mass is 9.87. The molecule has 1 N–H and O–H groups in total. The zero-order valence-corrected chi connectivity index (χ0v) is 18.5. The van der Waals surface area contributed by atoms with E-state index in [-0.39, 0.29) is 11.6 Å². The highest BCUT2D eigenvalue weighted by Crippen LogP contribution is 2.43. The number of aromatic hydroxyl groups is 1. The van der Waals surface area contributed by atoms with Crippen molar-refractivity contribution in [2.45, 2.75) is 24.9 Å². The van der Waals surface area contributed by atoms with E-state index in [4.69, 9.17) is 23.2 Å². The molecule has 0 saturated carbocycles. The van der Waals surface area contributed by atoms with E-state index in [1.54, 1.807) is 5.01 Å². The number of carbonyl (C=O) groups is 1. The lowest BCUT2D eigenvalue weighted by molar-refractivity contribution is -0.103. The molecule has 9 heteroatoms. The Labute approximate surface area is 194 Å². The minimum Gasteiger partial charge on any atom is -0.502 e. The number of nitrogens with zero attached hydrogens (tertiary/aromatic N) is 4. The second-order valence-corrected chi connectivity index (χ2v) is 8.82. The number of fused-ring (bicyclic) bond motifs is 2. The molecule has 0 spiro atoms. The van der Waals surface area contributed by atoms with Crippen LogP contribution in [-0.2, 0) is 0 Å². The summed E-state index contributed by atoms with van der Waals surface area (Å²) >= 11 is 12.3. The molecule has 1 amide bonds. The summed E-state index contributed by atoms with van der Waals surface area (Å²) in [4.78, 5) is 25.4. The zero-order valence-electron chi connectivity index (χ0n) is 17.0. The Kier molecular flexibility index (Phi) is 5.41. The maximum atomic E-state index is 13.2. The van der Waals surface area contributed by atoms with Crippen molar-refractivity contribution in [1.82, 2.24) is 19.8 Å². The predicted molar refractivity (Wildman–Crippen MR) is 121 cm³/mol. The van der Waals surface area contributed by atoms with Gasteiger partial charge in [-0.1, -0.05) is 47.5 Å². The Morgan fingerprint density at radius 2 is 1.47 bits per heavy atom. The molecule has 1 unspecified atom stereocenters. The molecule has 3 heterocycles. The van der Waals surface area contributed by atoms with Gasteiger partial charge in [-0.25, -0.2) is 4.68 Å². The summed E-state index contributed by atoms with van der Waals surface area (Å²) in [6.45, 7) is 1.15. The van der Waals surface area contributed by atoms with Gasteiger partial charge in [0.15, 0.2) is 11.4 Å². The highest BCUT2D eigenvalue weighted by atomic mass is 35.5. The van der Waals surface area contributed by atoms with Gasteiger partial charge in [0.05, 0.1) is 6.20 Å². The first-order chi connectivity index (χ1) is 15.5. The first kappa shape index (κ1) is 21.0. The molecule has 0 aliphatic carbocycles. The Balaban J connectivity index is 1.77. The maximum absolute atomic E-state index is 13.2. The highest BCUT2D eigenvalue weighted by molar-refractivity contribution is 6.30. The molecule has 1 aromatic heterocycles. The topological polar surface area (TPSA) is 78.7 Å². The fourth-order valence-corrected chi connectivity index (χ4v) is 4.83. The minimum absolute atomic E-state index is 0.0893. The highest BCUT2D eigenvalue weighted by Gasteiger charge is 2.45. The molecule has 3 aromatic rings. The number of amides is 1. The van der Waals surface area contributed by atoms with E-state index in [0.717, 1.165) is 30.2 Å². The smallest absolute Gasteiger partial charge is 0.290 e. The van der Waals surface area contributed by atoms with Crippen LogP contribution in [0.15, 0.2) is 59.5 Å². The number of hydrazine groups is 1. The van der Waals surface area contributed by atoms with Crippen LogP contribution < -0.4 is 5.43 Å². The van der Waals surface area contributed by atoms with E-state index in [2.05, 4.69) is 5.10 Å². The van der Waals surface area contributed by atoms with Crippen LogP contribution in [-0.4, -0.2) is 43.9 Å². The Morgan fingerprint density at radius 3 is 2.06 bits per heavy atom. The van der Waals surface area contributed by atoms with E-state index in [1.807, 2.05) is 53.5 Å². The predicted octanol–water partition coefficient (Wildman–Crippen LogP) is 4.05. The van der Waals surface area contributed by atoms with Crippen molar-refractivity contribution < 1.29 is 9.90 Å². The summed E-state index contributed by atoms with van der Waals surface area (Å²) in [6, 6.07) is 15.0. The lowest BCUT2D eigenvalue weighted by Crippen LogP contribution is -2.59. The van der Waals surface area contributed by atoms with Crippen LogP contribution in [0.2, 0.25) is 10.0 Å².